The number of methoxy groups -OCH3 is 1. The van der Waals surface area contributed by atoms with E-state index < -0.39 is 5.97 Å². The van der Waals surface area contributed by atoms with Crippen LogP contribution in [0.25, 0.3) is 31.8 Å². The average Bonchev–Trinajstić information content (AvgIpc) is 3.40. The number of hydrogen-bond acceptors (Lipinski definition) is 7. The van der Waals surface area contributed by atoms with Gasteiger partial charge < -0.3 is 14.1 Å². The smallest absolute Gasteiger partial charge is 0.373 e. The number of carbonyl (C=O) groups is 1. The molecule has 0 spiro atoms. The zero-order chi connectivity index (χ0) is 19.0. The number of thiophene rings is 2. The third-order valence-electron chi connectivity index (χ3n) is 3.74. The molecule has 6 nitrogen and oxygen atoms in total. The van der Waals surface area contributed by atoms with Crippen LogP contribution in [-0.4, -0.2) is 23.0 Å². The van der Waals surface area contributed by atoms with Crippen LogP contribution in [0.3, 0.4) is 0 Å². The Kier molecular flexibility index (Phi) is 4.69. The normalized spacial score (nSPS) is 11.9. The van der Waals surface area contributed by atoms with E-state index in [2.05, 4.69) is 14.7 Å². The molecule has 0 aromatic carbocycles. The first-order valence-electron chi connectivity index (χ1n) is 7.68. The van der Waals surface area contributed by atoms with Gasteiger partial charge in [0.05, 0.1) is 17.5 Å². The van der Waals surface area contributed by atoms with Gasteiger partial charge in [-0.15, -0.1) is 22.7 Å². The highest BCUT2D eigenvalue weighted by Crippen LogP contribution is 2.34. The molecule has 0 unspecified atom stereocenters. The lowest BCUT2D eigenvalue weighted by atomic mass is 10.2. The molecule has 0 saturated carbocycles. The Balaban J connectivity index is 1.73. The van der Waals surface area contributed by atoms with Gasteiger partial charge in [0.1, 0.15) is 10.6 Å². The van der Waals surface area contributed by atoms with Crippen LogP contribution in [0.1, 0.15) is 22.1 Å². The van der Waals surface area contributed by atoms with Crippen LogP contribution in [0.4, 0.5) is 0 Å². The van der Waals surface area contributed by atoms with Gasteiger partial charge in [0, 0.05) is 21.9 Å². The topological polar surface area (TPSA) is 85.2 Å². The summed E-state index contributed by atoms with van der Waals surface area (Å²) in [6.45, 7) is 0. The molecule has 4 aromatic rings. The number of hydrogen-bond donors (Lipinski definition) is 1. The molecule has 4 aromatic heterocycles. The van der Waals surface area contributed by atoms with Gasteiger partial charge in [0.25, 0.3) is 5.56 Å². The number of carbonyl (C=O) groups excluding carboxylic acids is 1. The molecule has 136 valence electrons. The molecule has 4 rings (SSSR count). The Morgan fingerprint density at radius 3 is 2.93 bits per heavy atom. The second kappa shape index (κ2) is 7.15. The van der Waals surface area contributed by atoms with E-state index in [9.17, 15) is 9.59 Å². The zero-order valence-electron chi connectivity index (χ0n) is 13.8. The molecule has 0 fully saturated rings. The Morgan fingerprint density at radius 1 is 1.33 bits per heavy atom. The molecule has 4 heterocycles. The molecular formula is C18H11ClN2O4S2. The van der Waals surface area contributed by atoms with Gasteiger partial charge in [-0.05, 0) is 23.6 Å². The number of ether oxygens (including phenoxy) is 1. The number of H-pyrrole nitrogens is 1. The lowest BCUT2D eigenvalue weighted by Crippen LogP contribution is -2.09. The van der Waals surface area contributed by atoms with Crippen molar-refractivity contribution in [3.8, 4) is 10.4 Å². The average molecular weight is 419 g/mol. The first kappa shape index (κ1) is 17.7. The number of fused-ring (bicyclic) bond motifs is 1. The van der Waals surface area contributed by atoms with Crippen molar-refractivity contribution in [1.29, 1.82) is 0 Å². The fourth-order valence-electron chi connectivity index (χ4n) is 2.51. The fraction of sp³-hybridized carbons (Fsp3) is 0.0556. The second-order valence-corrected chi connectivity index (χ2v) is 7.62. The molecule has 27 heavy (non-hydrogen) atoms. The molecule has 1 N–H and O–H groups in total. The SMILES string of the molecule is COC(=O)c1ccc(/C=C(\Cl)c2nc3scc(-c4cccs4)c3c(=O)[nH]2)o1. The number of furan rings is 1. The van der Waals surface area contributed by atoms with E-state index in [4.69, 9.17) is 16.0 Å². The maximum atomic E-state index is 12.6. The van der Waals surface area contributed by atoms with E-state index in [-0.39, 0.29) is 22.2 Å². The van der Waals surface area contributed by atoms with Crippen LogP contribution < -0.4 is 5.56 Å². The minimum atomic E-state index is -0.585. The molecule has 0 radical (unpaired) electrons. The standard InChI is InChI=1S/C18H11ClN2O4S2/c1-24-18(23)12-5-4-9(25-12)7-11(19)15-20-16(22)14-10(8-27-17(14)21-15)13-3-2-6-26-13/h2-8H,1H3,(H,20,21,22)/b11-7-. The predicted molar refractivity (Wildman–Crippen MR) is 107 cm³/mol. The summed E-state index contributed by atoms with van der Waals surface area (Å²) in [5, 5.41) is 4.60. The van der Waals surface area contributed by atoms with Crippen molar-refractivity contribution in [1.82, 2.24) is 9.97 Å². The van der Waals surface area contributed by atoms with Crippen LogP contribution in [0.15, 0.2) is 44.2 Å². The van der Waals surface area contributed by atoms with Gasteiger partial charge in [0.15, 0.2) is 5.82 Å². The van der Waals surface area contributed by atoms with Gasteiger partial charge in [-0.1, -0.05) is 17.7 Å². The Hall–Kier alpha value is -2.68. The van der Waals surface area contributed by atoms with Gasteiger partial charge in [-0.25, -0.2) is 9.78 Å². The summed E-state index contributed by atoms with van der Waals surface area (Å²) >= 11 is 9.24. The van der Waals surface area contributed by atoms with Crippen LogP contribution >= 0.6 is 34.3 Å². The van der Waals surface area contributed by atoms with Gasteiger partial charge >= 0.3 is 5.97 Å². The van der Waals surface area contributed by atoms with Crippen molar-refractivity contribution in [2.75, 3.05) is 7.11 Å². The minimum absolute atomic E-state index is 0.0592. The minimum Gasteiger partial charge on any atom is -0.463 e. The van der Waals surface area contributed by atoms with Crippen molar-refractivity contribution < 1.29 is 13.9 Å². The van der Waals surface area contributed by atoms with Gasteiger partial charge in [-0.2, -0.15) is 0 Å². The monoisotopic (exact) mass is 418 g/mol. The summed E-state index contributed by atoms with van der Waals surface area (Å²) in [6, 6.07) is 6.95. The number of rotatable bonds is 4. The van der Waals surface area contributed by atoms with E-state index in [1.165, 1.54) is 30.6 Å². The van der Waals surface area contributed by atoms with Crippen LogP contribution in [-0.2, 0) is 4.74 Å². The fourth-order valence-corrected chi connectivity index (χ4v) is 4.47. The molecule has 0 aliphatic rings. The van der Waals surface area contributed by atoms with Crippen molar-refractivity contribution in [3.05, 3.63) is 62.7 Å². The van der Waals surface area contributed by atoms with Crippen LogP contribution in [0.2, 0.25) is 0 Å². The first-order chi connectivity index (χ1) is 13.1. The van der Waals surface area contributed by atoms with Crippen molar-refractivity contribution in [2.45, 2.75) is 0 Å². The predicted octanol–water partition coefficient (Wildman–Crippen LogP) is 4.83. The highest BCUT2D eigenvalue weighted by atomic mass is 35.5. The van der Waals surface area contributed by atoms with Gasteiger partial charge in [-0.3, -0.25) is 4.79 Å². The lowest BCUT2D eigenvalue weighted by Gasteiger charge is -2.00. The first-order valence-corrected chi connectivity index (χ1v) is 9.81. The second-order valence-electron chi connectivity index (χ2n) is 5.41. The van der Waals surface area contributed by atoms with E-state index >= 15 is 0 Å². The molecule has 9 heteroatoms. The van der Waals surface area contributed by atoms with Crippen LogP contribution in [0.5, 0.6) is 0 Å². The number of nitrogens with one attached hydrogen (secondary N) is 1. The summed E-state index contributed by atoms with van der Waals surface area (Å²) in [7, 11) is 1.27. The summed E-state index contributed by atoms with van der Waals surface area (Å²) in [6.07, 6.45) is 1.48. The van der Waals surface area contributed by atoms with Crippen LogP contribution in [0, 0.1) is 0 Å². The maximum absolute atomic E-state index is 12.6. The van der Waals surface area contributed by atoms with E-state index in [0.717, 1.165) is 10.4 Å². The van der Waals surface area contributed by atoms with E-state index in [0.29, 0.717) is 16.0 Å². The van der Waals surface area contributed by atoms with Gasteiger partial charge in [0.2, 0.25) is 5.76 Å². The van der Waals surface area contributed by atoms with Crippen molar-refractivity contribution in [2.24, 2.45) is 0 Å². The summed E-state index contributed by atoms with van der Waals surface area (Å²) in [4.78, 5) is 32.8. The number of aromatic amines is 1. The Morgan fingerprint density at radius 2 is 2.19 bits per heavy atom. The highest BCUT2D eigenvalue weighted by molar-refractivity contribution is 7.18. The Labute approximate surface area is 165 Å². The zero-order valence-corrected chi connectivity index (χ0v) is 16.2. The summed E-state index contributed by atoms with van der Waals surface area (Å²) < 4.78 is 9.94. The van der Waals surface area contributed by atoms with E-state index in [1.807, 2.05) is 22.9 Å². The number of aromatic nitrogens is 2. The van der Waals surface area contributed by atoms with E-state index in [1.54, 1.807) is 17.4 Å². The molecular weight excluding hydrogens is 408 g/mol. The molecule has 0 amide bonds. The quantitative estimate of drug-likeness (QED) is 0.480. The number of esters is 1. The molecule has 0 bridgehead atoms. The summed E-state index contributed by atoms with van der Waals surface area (Å²) in [5.41, 5.74) is 0.597. The summed E-state index contributed by atoms with van der Waals surface area (Å²) in [5.74, 6) is 0.0424. The highest BCUT2D eigenvalue weighted by Gasteiger charge is 2.15. The maximum Gasteiger partial charge on any atom is 0.373 e. The third kappa shape index (κ3) is 3.34. The largest absolute Gasteiger partial charge is 0.463 e. The van der Waals surface area contributed by atoms with Crippen molar-refractivity contribution in [3.63, 3.8) is 0 Å². The molecule has 0 aliphatic heterocycles. The third-order valence-corrected chi connectivity index (χ3v) is 5.80. The molecule has 0 atom stereocenters. The number of halogens is 1. The Bertz CT molecular complexity index is 1220. The number of nitrogens with zero attached hydrogens (tertiary/aromatic N) is 1. The molecule has 0 aliphatic carbocycles. The molecule has 0 saturated heterocycles. The van der Waals surface area contributed by atoms with Crippen molar-refractivity contribution >= 4 is 61.6 Å². The lowest BCUT2D eigenvalue weighted by molar-refractivity contribution is 0.0564.